The first-order valence-corrected chi connectivity index (χ1v) is 13.8. The molecule has 3 heteroatoms. The number of hydrogen-bond acceptors (Lipinski definition) is 2. The molecule has 0 atom stereocenters. The van der Waals surface area contributed by atoms with Crippen LogP contribution in [-0.4, -0.2) is 11.3 Å². The van der Waals surface area contributed by atoms with E-state index >= 15 is 0 Å². The van der Waals surface area contributed by atoms with E-state index in [0.29, 0.717) is 5.75 Å². The summed E-state index contributed by atoms with van der Waals surface area (Å²) in [5, 5.41) is 15.0. The van der Waals surface area contributed by atoms with Gasteiger partial charge in [0.05, 0.1) is 5.69 Å². The van der Waals surface area contributed by atoms with Crippen LogP contribution < -0.4 is 15.9 Å². The zero-order valence-electron chi connectivity index (χ0n) is 22.2. The van der Waals surface area contributed by atoms with Crippen LogP contribution in [-0.2, 0) is 10.8 Å². The molecule has 0 unspecified atom stereocenters. The van der Waals surface area contributed by atoms with Crippen LogP contribution in [0.3, 0.4) is 0 Å². The number of phenols is 1. The maximum absolute atomic E-state index is 11.2. The lowest BCUT2D eigenvalue weighted by molar-refractivity contribution is 0.444. The van der Waals surface area contributed by atoms with E-state index in [4.69, 9.17) is 4.99 Å². The summed E-state index contributed by atoms with van der Waals surface area (Å²) in [6.45, 7) is 13.0. The average Bonchev–Trinajstić information content (AvgIpc) is 2.84. The minimum absolute atomic E-state index is 0.0386. The number of aromatic hydroxyl groups is 1. The van der Waals surface area contributed by atoms with Gasteiger partial charge in [0.2, 0.25) is 0 Å². The first-order valence-electron chi connectivity index (χ1n) is 12.5. The quantitative estimate of drug-likeness (QED) is 0.227. The monoisotopic (exact) mass is 493 g/mol. The smallest absolute Gasteiger partial charge is 0.128 e. The molecule has 0 aliphatic heterocycles. The average molecular weight is 494 g/mol. The van der Waals surface area contributed by atoms with Crippen LogP contribution in [0.15, 0.2) is 102 Å². The second kappa shape index (κ2) is 10.4. The summed E-state index contributed by atoms with van der Waals surface area (Å²) in [4.78, 5) is 4.99. The first kappa shape index (κ1) is 25.9. The van der Waals surface area contributed by atoms with Crippen molar-refractivity contribution in [1.29, 1.82) is 0 Å². The van der Waals surface area contributed by atoms with E-state index in [1.54, 1.807) is 0 Å². The van der Waals surface area contributed by atoms with Gasteiger partial charge in [-0.1, -0.05) is 126 Å². The lowest BCUT2D eigenvalue weighted by atomic mass is 9.79. The predicted molar refractivity (Wildman–Crippen MR) is 158 cm³/mol. The first-order chi connectivity index (χ1) is 17.1. The third kappa shape index (κ3) is 5.77. The molecule has 0 heterocycles. The summed E-state index contributed by atoms with van der Waals surface area (Å²) in [5.74, 6) is 0.310. The molecule has 0 bridgehead atoms. The molecular weight excluding hydrogens is 457 g/mol. The van der Waals surface area contributed by atoms with Crippen molar-refractivity contribution < 1.29 is 5.11 Å². The second-order valence-electron chi connectivity index (χ2n) is 11.2. The van der Waals surface area contributed by atoms with Gasteiger partial charge in [-0.2, -0.15) is 0 Å². The summed E-state index contributed by atoms with van der Waals surface area (Å²) < 4.78 is 0. The van der Waals surface area contributed by atoms with Gasteiger partial charge in [0.25, 0.3) is 0 Å². The minimum atomic E-state index is -0.781. The molecule has 1 N–H and O–H groups in total. The van der Waals surface area contributed by atoms with Gasteiger partial charge in [-0.25, -0.2) is 0 Å². The van der Waals surface area contributed by atoms with Gasteiger partial charge in [0.15, 0.2) is 0 Å². The van der Waals surface area contributed by atoms with Crippen LogP contribution in [0.25, 0.3) is 0 Å². The summed E-state index contributed by atoms with van der Waals surface area (Å²) in [5.41, 5.74) is 3.60. The Morgan fingerprint density at radius 3 is 1.72 bits per heavy atom. The normalized spacial score (nSPS) is 12.4. The van der Waals surface area contributed by atoms with Gasteiger partial charge < -0.3 is 5.11 Å². The predicted octanol–water partition coefficient (Wildman–Crippen LogP) is 7.50. The maximum atomic E-state index is 11.2. The maximum Gasteiger partial charge on any atom is 0.128 e. The van der Waals surface area contributed by atoms with E-state index in [1.165, 1.54) is 21.5 Å². The van der Waals surface area contributed by atoms with Crippen molar-refractivity contribution in [3.63, 3.8) is 0 Å². The molecule has 4 aromatic rings. The molecule has 0 fully saturated rings. The van der Waals surface area contributed by atoms with Crippen LogP contribution in [0.2, 0.25) is 0 Å². The van der Waals surface area contributed by atoms with Crippen molar-refractivity contribution in [2.75, 3.05) is 0 Å². The third-order valence-corrected chi connectivity index (χ3v) is 8.80. The molecule has 0 saturated carbocycles. The highest BCUT2D eigenvalue weighted by Gasteiger charge is 2.25. The van der Waals surface area contributed by atoms with Crippen molar-refractivity contribution >= 4 is 35.7 Å². The number of para-hydroxylation sites is 1. The van der Waals surface area contributed by atoms with Crippen LogP contribution in [0.1, 0.15) is 58.2 Å². The van der Waals surface area contributed by atoms with E-state index in [9.17, 15) is 5.11 Å². The molecule has 4 aromatic carbocycles. The molecule has 0 aliphatic carbocycles. The fraction of sp³-hybridized carbons (Fsp3) is 0.242. The minimum Gasteiger partial charge on any atom is -0.507 e. The number of aliphatic imine (C=N–C) groups is 1. The summed E-state index contributed by atoms with van der Waals surface area (Å²) in [6, 6.07) is 33.9. The Hall–Kier alpha value is -3.22. The van der Waals surface area contributed by atoms with Gasteiger partial charge >= 0.3 is 0 Å². The van der Waals surface area contributed by atoms with Gasteiger partial charge in [-0.05, 0) is 47.1 Å². The molecule has 2 nitrogen and oxygen atoms in total. The van der Waals surface area contributed by atoms with E-state index < -0.39 is 7.92 Å². The highest BCUT2D eigenvalue weighted by molar-refractivity contribution is 7.80. The van der Waals surface area contributed by atoms with Crippen LogP contribution in [0.5, 0.6) is 5.75 Å². The number of phenolic OH excluding ortho intramolecular Hbond substituents is 1. The Labute approximate surface area is 217 Å². The molecule has 4 rings (SSSR count). The lowest BCUT2D eigenvalue weighted by Crippen LogP contribution is -2.20. The fourth-order valence-electron chi connectivity index (χ4n) is 4.24. The largest absolute Gasteiger partial charge is 0.507 e. The van der Waals surface area contributed by atoms with Crippen molar-refractivity contribution in [3.8, 4) is 5.75 Å². The zero-order chi connectivity index (χ0) is 25.9. The van der Waals surface area contributed by atoms with E-state index in [0.717, 1.165) is 16.8 Å². The number of rotatable bonds is 5. The van der Waals surface area contributed by atoms with E-state index in [1.807, 2.05) is 12.3 Å². The van der Waals surface area contributed by atoms with Gasteiger partial charge in [-0.15, -0.1) is 0 Å². The molecule has 0 spiro atoms. The molecule has 0 aliphatic rings. The van der Waals surface area contributed by atoms with Gasteiger partial charge in [-0.3, -0.25) is 4.99 Å². The zero-order valence-corrected chi connectivity index (χ0v) is 23.1. The fourth-order valence-corrected chi connectivity index (χ4v) is 6.63. The lowest BCUT2D eigenvalue weighted by Gasteiger charge is -2.27. The highest BCUT2D eigenvalue weighted by Crippen LogP contribution is 2.39. The molecular formula is C33H36NOP. The third-order valence-electron chi connectivity index (χ3n) is 6.31. The number of nitrogens with zero attached hydrogens (tertiary/aromatic N) is 1. The Bertz CT molecular complexity index is 1310. The molecule has 36 heavy (non-hydrogen) atoms. The van der Waals surface area contributed by atoms with Crippen LogP contribution >= 0.6 is 7.92 Å². The van der Waals surface area contributed by atoms with E-state index in [-0.39, 0.29) is 10.8 Å². The molecule has 184 valence electrons. The SMILES string of the molecule is CC(C)(C)c1cc(C=Nc2ccccc2P(c2ccccc2)c2ccccc2)c(O)c(C(C)(C)C)c1. The number of hydrogen-bond donors (Lipinski definition) is 1. The van der Waals surface area contributed by atoms with Crippen molar-refractivity contribution in [1.82, 2.24) is 0 Å². The topological polar surface area (TPSA) is 32.6 Å². The molecule has 0 aromatic heterocycles. The van der Waals surface area contributed by atoms with Gasteiger partial charge in [0.1, 0.15) is 5.75 Å². The summed E-state index contributed by atoms with van der Waals surface area (Å²) in [7, 11) is -0.781. The Kier molecular flexibility index (Phi) is 7.48. The number of benzene rings is 4. The van der Waals surface area contributed by atoms with Crippen LogP contribution in [0.4, 0.5) is 5.69 Å². The van der Waals surface area contributed by atoms with Crippen LogP contribution in [0, 0.1) is 0 Å². The van der Waals surface area contributed by atoms with E-state index in [2.05, 4.69) is 133 Å². The Morgan fingerprint density at radius 2 is 1.19 bits per heavy atom. The van der Waals surface area contributed by atoms with Crippen molar-refractivity contribution in [2.24, 2.45) is 4.99 Å². The summed E-state index contributed by atoms with van der Waals surface area (Å²) in [6.07, 6.45) is 1.84. The van der Waals surface area contributed by atoms with Crippen molar-refractivity contribution in [2.45, 2.75) is 52.4 Å². The standard InChI is InChI=1S/C33H36NOP/c1-32(2,3)25-21-24(31(35)28(22-25)33(4,5)6)23-34-29-19-13-14-20-30(29)36(26-15-9-7-10-16-26)27-17-11-8-12-18-27/h7-23,35H,1-6H3. The molecule has 0 radical (unpaired) electrons. The molecule has 0 amide bonds. The highest BCUT2D eigenvalue weighted by atomic mass is 31.1. The Balaban J connectivity index is 1.85. The Morgan fingerprint density at radius 1 is 0.667 bits per heavy atom. The summed E-state index contributed by atoms with van der Waals surface area (Å²) >= 11 is 0. The van der Waals surface area contributed by atoms with Gasteiger partial charge in [0, 0.05) is 22.6 Å². The van der Waals surface area contributed by atoms with Crippen molar-refractivity contribution in [3.05, 3.63) is 114 Å². The second-order valence-corrected chi connectivity index (χ2v) is 13.4. The molecule has 0 saturated heterocycles.